The molecule has 0 aliphatic rings. The molecule has 2 aromatic rings. The van der Waals surface area contributed by atoms with Crippen LogP contribution in [0.3, 0.4) is 0 Å². The van der Waals surface area contributed by atoms with E-state index in [0.717, 1.165) is 0 Å². The first-order chi connectivity index (χ1) is 9.56. The zero-order valence-corrected chi connectivity index (χ0v) is 10.2. The average molecular weight is 270 g/mol. The number of carboxylic acids is 2. The lowest BCUT2D eigenvalue weighted by atomic mass is 10.2. The Balaban J connectivity index is 2.18. The molecule has 0 heterocycles. The van der Waals surface area contributed by atoms with Crippen molar-refractivity contribution in [2.45, 2.75) is 0 Å². The summed E-state index contributed by atoms with van der Waals surface area (Å²) in [5.41, 5.74) is 1.18. The van der Waals surface area contributed by atoms with Gasteiger partial charge < -0.3 is 10.2 Å². The highest BCUT2D eigenvalue weighted by molar-refractivity contribution is 5.88. The molecule has 0 unspecified atom stereocenters. The second-order valence-corrected chi connectivity index (χ2v) is 3.91. The molecule has 0 bridgehead atoms. The van der Waals surface area contributed by atoms with Gasteiger partial charge in [0.25, 0.3) is 0 Å². The second-order valence-electron chi connectivity index (χ2n) is 3.91. The lowest BCUT2D eigenvalue weighted by Gasteiger charge is -1.97. The van der Waals surface area contributed by atoms with E-state index >= 15 is 0 Å². The van der Waals surface area contributed by atoms with Gasteiger partial charge in [-0.05, 0) is 42.5 Å². The Morgan fingerprint density at radius 3 is 1.95 bits per heavy atom. The Bertz CT molecular complexity index is 678. The summed E-state index contributed by atoms with van der Waals surface area (Å²) in [5, 5.41) is 25.4. The van der Waals surface area contributed by atoms with E-state index in [1.807, 2.05) is 0 Å². The summed E-state index contributed by atoms with van der Waals surface area (Å²) in [5.74, 6) is -2.05. The molecule has 0 saturated carbocycles. The number of aromatic carboxylic acids is 2. The third-order valence-electron chi connectivity index (χ3n) is 2.49. The van der Waals surface area contributed by atoms with E-state index < -0.39 is 11.9 Å². The average Bonchev–Trinajstić information content (AvgIpc) is 2.46. The van der Waals surface area contributed by atoms with Crippen molar-refractivity contribution in [3.05, 3.63) is 59.7 Å². The van der Waals surface area contributed by atoms with Crippen molar-refractivity contribution in [2.24, 2.45) is 10.2 Å². The molecule has 0 amide bonds. The van der Waals surface area contributed by atoms with Gasteiger partial charge in [0.2, 0.25) is 0 Å². The molecule has 2 rings (SSSR count). The number of nitrogens with zero attached hydrogens (tertiary/aromatic N) is 2. The molecule has 6 nitrogen and oxygen atoms in total. The standard InChI is InChI=1S/C14H10N2O4/c17-13(18)9-4-6-11(7-5-9)15-16-12-3-1-2-10(8-12)14(19)20/h1-8H,(H,17,18)(H,19,20). The number of azo groups is 1. The highest BCUT2D eigenvalue weighted by Gasteiger charge is 2.03. The van der Waals surface area contributed by atoms with Crippen LogP contribution in [0.15, 0.2) is 58.8 Å². The minimum atomic E-state index is -1.03. The zero-order valence-electron chi connectivity index (χ0n) is 10.2. The predicted octanol–water partition coefficient (Wildman–Crippen LogP) is 3.50. The molecule has 100 valence electrons. The van der Waals surface area contributed by atoms with Gasteiger partial charge in [-0.3, -0.25) is 0 Å². The van der Waals surface area contributed by atoms with E-state index in [4.69, 9.17) is 10.2 Å². The number of hydrogen-bond acceptors (Lipinski definition) is 4. The monoisotopic (exact) mass is 270 g/mol. The highest BCUT2D eigenvalue weighted by atomic mass is 16.4. The van der Waals surface area contributed by atoms with E-state index in [-0.39, 0.29) is 11.1 Å². The van der Waals surface area contributed by atoms with Crippen LogP contribution in [0.5, 0.6) is 0 Å². The van der Waals surface area contributed by atoms with Crippen LogP contribution in [-0.4, -0.2) is 22.2 Å². The fourth-order valence-corrected chi connectivity index (χ4v) is 1.49. The van der Waals surface area contributed by atoms with E-state index in [1.165, 1.54) is 36.4 Å². The lowest BCUT2D eigenvalue weighted by Crippen LogP contribution is -1.94. The van der Waals surface area contributed by atoms with Gasteiger partial charge >= 0.3 is 11.9 Å². The van der Waals surface area contributed by atoms with Gasteiger partial charge in [-0.25, -0.2) is 9.59 Å². The van der Waals surface area contributed by atoms with Crippen LogP contribution in [0.2, 0.25) is 0 Å². The van der Waals surface area contributed by atoms with Crippen molar-refractivity contribution in [3.63, 3.8) is 0 Å². The van der Waals surface area contributed by atoms with Gasteiger partial charge in [0.05, 0.1) is 22.5 Å². The van der Waals surface area contributed by atoms with Crippen molar-refractivity contribution >= 4 is 23.3 Å². The fraction of sp³-hybridized carbons (Fsp3) is 0. The molecule has 0 aliphatic carbocycles. The second kappa shape index (κ2) is 5.75. The first-order valence-electron chi connectivity index (χ1n) is 5.65. The molecule has 2 aromatic carbocycles. The molecule has 0 aromatic heterocycles. The van der Waals surface area contributed by atoms with Crippen LogP contribution in [0, 0.1) is 0 Å². The normalized spacial score (nSPS) is 10.6. The molecule has 20 heavy (non-hydrogen) atoms. The summed E-state index contributed by atoms with van der Waals surface area (Å²) in [4.78, 5) is 21.5. The largest absolute Gasteiger partial charge is 0.478 e. The molecular weight excluding hydrogens is 260 g/mol. The third-order valence-corrected chi connectivity index (χ3v) is 2.49. The Kier molecular flexibility index (Phi) is 3.85. The van der Waals surface area contributed by atoms with E-state index in [9.17, 15) is 9.59 Å². The molecule has 0 atom stereocenters. The van der Waals surface area contributed by atoms with Gasteiger partial charge in [0, 0.05) is 0 Å². The molecule has 6 heteroatoms. The van der Waals surface area contributed by atoms with E-state index in [1.54, 1.807) is 12.1 Å². The maximum absolute atomic E-state index is 10.8. The smallest absolute Gasteiger partial charge is 0.335 e. The minimum Gasteiger partial charge on any atom is -0.478 e. The van der Waals surface area contributed by atoms with Gasteiger partial charge in [0.15, 0.2) is 0 Å². The van der Waals surface area contributed by atoms with Crippen LogP contribution in [0.25, 0.3) is 0 Å². The number of hydrogen-bond donors (Lipinski definition) is 2. The Morgan fingerprint density at radius 1 is 0.750 bits per heavy atom. The van der Waals surface area contributed by atoms with E-state index in [2.05, 4.69) is 10.2 Å². The van der Waals surface area contributed by atoms with Crippen LogP contribution in [-0.2, 0) is 0 Å². The van der Waals surface area contributed by atoms with Crippen molar-refractivity contribution in [2.75, 3.05) is 0 Å². The van der Waals surface area contributed by atoms with Crippen molar-refractivity contribution in [1.29, 1.82) is 0 Å². The Labute approximate surface area is 114 Å². The Morgan fingerprint density at radius 2 is 1.35 bits per heavy atom. The lowest BCUT2D eigenvalue weighted by molar-refractivity contribution is 0.0686. The summed E-state index contributed by atoms with van der Waals surface area (Å²) >= 11 is 0. The van der Waals surface area contributed by atoms with Crippen LogP contribution in [0.4, 0.5) is 11.4 Å². The summed E-state index contributed by atoms with van der Waals surface area (Å²) < 4.78 is 0. The summed E-state index contributed by atoms with van der Waals surface area (Å²) in [7, 11) is 0. The molecule has 0 saturated heterocycles. The number of carbonyl (C=O) groups is 2. The molecule has 0 fully saturated rings. The topological polar surface area (TPSA) is 99.3 Å². The van der Waals surface area contributed by atoms with E-state index in [0.29, 0.717) is 11.4 Å². The van der Waals surface area contributed by atoms with Crippen LogP contribution in [0.1, 0.15) is 20.7 Å². The number of rotatable bonds is 4. The molecule has 0 radical (unpaired) electrons. The van der Waals surface area contributed by atoms with Gasteiger partial charge in [-0.2, -0.15) is 10.2 Å². The van der Waals surface area contributed by atoms with Gasteiger partial charge in [0.1, 0.15) is 0 Å². The van der Waals surface area contributed by atoms with Crippen molar-refractivity contribution < 1.29 is 19.8 Å². The highest BCUT2D eigenvalue weighted by Crippen LogP contribution is 2.19. The number of benzene rings is 2. The molecule has 0 aliphatic heterocycles. The summed E-state index contributed by atoms with van der Waals surface area (Å²) in [6, 6.07) is 11.9. The maximum Gasteiger partial charge on any atom is 0.335 e. The number of carboxylic acid groups (broad SMARTS) is 2. The molecule has 2 N–H and O–H groups in total. The third kappa shape index (κ3) is 3.26. The zero-order chi connectivity index (χ0) is 14.5. The Hall–Kier alpha value is -3.02. The quantitative estimate of drug-likeness (QED) is 0.830. The molecule has 0 spiro atoms. The first-order valence-corrected chi connectivity index (χ1v) is 5.65. The maximum atomic E-state index is 10.8. The molecular formula is C14H10N2O4. The summed E-state index contributed by atoms with van der Waals surface area (Å²) in [6.07, 6.45) is 0. The van der Waals surface area contributed by atoms with Crippen LogP contribution < -0.4 is 0 Å². The SMILES string of the molecule is O=C(O)c1ccc(N=Nc2cccc(C(=O)O)c2)cc1. The van der Waals surface area contributed by atoms with Crippen LogP contribution >= 0.6 is 0 Å². The fourth-order valence-electron chi connectivity index (χ4n) is 1.49. The predicted molar refractivity (Wildman–Crippen MR) is 71.0 cm³/mol. The van der Waals surface area contributed by atoms with Crippen molar-refractivity contribution in [3.8, 4) is 0 Å². The van der Waals surface area contributed by atoms with Gasteiger partial charge in [-0.15, -0.1) is 0 Å². The van der Waals surface area contributed by atoms with Gasteiger partial charge in [-0.1, -0.05) is 6.07 Å². The van der Waals surface area contributed by atoms with Crippen molar-refractivity contribution in [1.82, 2.24) is 0 Å². The minimum absolute atomic E-state index is 0.127. The first kappa shape index (κ1) is 13.4. The summed E-state index contributed by atoms with van der Waals surface area (Å²) in [6.45, 7) is 0.